The molecule has 0 aromatic rings. The van der Waals surface area contributed by atoms with E-state index in [1.165, 1.54) is 295 Å². The molecule has 0 fully saturated rings. The third-order valence-electron chi connectivity index (χ3n) is 16.0. The van der Waals surface area contributed by atoms with Crippen LogP contribution in [0.5, 0.6) is 0 Å². The summed E-state index contributed by atoms with van der Waals surface area (Å²) >= 11 is 0. The molecule has 0 aliphatic rings. The zero-order valence-electron chi connectivity index (χ0n) is 51.8. The van der Waals surface area contributed by atoms with Crippen LogP contribution in [0, 0.1) is 0 Å². The fourth-order valence-electron chi connectivity index (χ4n) is 10.8. The van der Waals surface area contributed by atoms with E-state index in [1.807, 2.05) is 0 Å². The number of rotatable bonds is 65. The van der Waals surface area contributed by atoms with Crippen LogP contribution in [-0.2, 0) is 28.6 Å². The fourth-order valence-corrected chi connectivity index (χ4v) is 10.8. The molecular formula is C70H134O6. The molecule has 0 aliphatic heterocycles. The first-order valence-electron chi connectivity index (χ1n) is 34.7. The van der Waals surface area contributed by atoms with Gasteiger partial charge in [-0.05, 0) is 44.9 Å². The van der Waals surface area contributed by atoms with Gasteiger partial charge in [-0.2, -0.15) is 0 Å². The summed E-state index contributed by atoms with van der Waals surface area (Å²) in [7, 11) is 0. The minimum absolute atomic E-state index is 0.0658. The Kier molecular flexibility index (Phi) is 64.1. The van der Waals surface area contributed by atoms with Crippen molar-refractivity contribution in [2.75, 3.05) is 13.2 Å². The molecule has 0 saturated heterocycles. The molecule has 0 N–H and O–H groups in total. The molecule has 450 valence electrons. The van der Waals surface area contributed by atoms with Crippen molar-refractivity contribution in [3.8, 4) is 0 Å². The smallest absolute Gasteiger partial charge is 0.306 e. The summed E-state index contributed by atoms with van der Waals surface area (Å²) in [4.78, 5) is 38.4. The van der Waals surface area contributed by atoms with E-state index in [2.05, 4.69) is 32.9 Å². The van der Waals surface area contributed by atoms with Crippen LogP contribution >= 0.6 is 0 Å². The van der Waals surface area contributed by atoms with E-state index >= 15 is 0 Å². The van der Waals surface area contributed by atoms with Gasteiger partial charge in [-0.25, -0.2) is 0 Å². The molecule has 0 saturated carbocycles. The molecule has 0 aliphatic carbocycles. The van der Waals surface area contributed by atoms with Gasteiger partial charge < -0.3 is 14.2 Å². The van der Waals surface area contributed by atoms with Crippen molar-refractivity contribution in [3.63, 3.8) is 0 Å². The number of ether oxygens (including phenoxy) is 3. The van der Waals surface area contributed by atoms with E-state index in [0.29, 0.717) is 19.3 Å². The van der Waals surface area contributed by atoms with Gasteiger partial charge in [0.15, 0.2) is 6.10 Å². The number of esters is 3. The molecule has 0 bridgehead atoms. The highest BCUT2D eigenvalue weighted by Gasteiger charge is 2.19. The summed E-state index contributed by atoms with van der Waals surface area (Å²) < 4.78 is 17.0. The second kappa shape index (κ2) is 65.7. The van der Waals surface area contributed by atoms with Crippen LogP contribution in [0.25, 0.3) is 0 Å². The van der Waals surface area contributed by atoms with Gasteiger partial charge in [0.05, 0.1) is 0 Å². The number of hydrogen-bond acceptors (Lipinski definition) is 6. The van der Waals surface area contributed by atoms with Crippen molar-refractivity contribution >= 4 is 17.9 Å². The van der Waals surface area contributed by atoms with Crippen molar-refractivity contribution in [3.05, 3.63) is 12.2 Å². The number of carbonyl (C=O) groups is 3. The summed E-state index contributed by atoms with van der Waals surface area (Å²) in [6.45, 7) is 6.71. The number of allylic oxidation sites excluding steroid dienone is 2. The van der Waals surface area contributed by atoms with Crippen LogP contribution < -0.4 is 0 Å². The van der Waals surface area contributed by atoms with E-state index in [9.17, 15) is 14.4 Å². The molecule has 0 rings (SSSR count). The molecule has 0 amide bonds. The summed E-state index contributed by atoms with van der Waals surface area (Å²) in [5, 5.41) is 0. The normalized spacial score (nSPS) is 12.0. The predicted molar refractivity (Wildman–Crippen MR) is 330 cm³/mol. The molecule has 0 radical (unpaired) electrons. The lowest BCUT2D eigenvalue weighted by Gasteiger charge is -2.18. The van der Waals surface area contributed by atoms with Crippen molar-refractivity contribution < 1.29 is 28.6 Å². The Morgan fingerprint density at radius 2 is 0.434 bits per heavy atom. The van der Waals surface area contributed by atoms with E-state index in [4.69, 9.17) is 14.2 Å². The SMILES string of the molecule is CCCCCCC/C=C\CCCCCCCC(=O)OCC(COC(=O)CCCCCCCCCCCCCCCCCCCCCCCCCCCCC)OC(=O)CCCCCCCCCCCCCCCCCCC. The average Bonchev–Trinajstić information content (AvgIpc) is 3.42. The van der Waals surface area contributed by atoms with E-state index < -0.39 is 6.10 Å². The fraction of sp³-hybridized carbons (Fsp3) is 0.929. The number of unbranched alkanes of at least 4 members (excludes halogenated alkanes) is 52. The summed E-state index contributed by atoms with van der Waals surface area (Å²) in [5.74, 6) is -0.841. The van der Waals surface area contributed by atoms with Crippen LogP contribution in [0.2, 0.25) is 0 Å². The van der Waals surface area contributed by atoms with Crippen molar-refractivity contribution in [1.29, 1.82) is 0 Å². The summed E-state index contributed by atoms with van der Waals surface area (Å²) in [6.07, 6.45) is 78.1. The van der Waals surface area contributed by atoms with E-state index in [-0.39, 0.29) is 31.1 Å². The van der Waals surface area contributed by atoms with Gasteiger partial charge >= 0.3 is 17.9 Å². The van der Waals surface area contributed by atoms with Crippen LogP contribution in [0.1, 0.15) is 400 Å². The average molecular weight is 1070 g/mol. The van der Waals surface area contributed by atoms with Crippen molar-refractivity contribution in [2.45, 2.75) is 406 Å². The largest absolute Gasteiger partial charge is 0.462 e. The molecular weight excluding hydrogens is 937 g/mol. The van der Waals surface area contributed by atoms with Crippen LogP contribution in [-0.4, -0.2) is 37.2 Å². The quantitative estimate of drug-likeness (QED) is 0.0261. The predicted octanol–water partition coefficient (Wildman–Crippen LogP) is 23.6. The first-order chi connectivity index (χ1) is 37.5. The summed E-state index contributed by atoms with van der Waals surface area (Å²) in [5.41, 5.74) is 0. The van der Waals surface area contributed by atoms with E-state index in [0.717, 1.165) is 64.2 Å². The molecule has 6 heteroatoms. The van der Waals surface area contributed by atoms with Gasteiger partial charge in [0, 0.05) is 19.3 Å². The molecule has 0 heterocycles. The second-order valence-electron chi connectivity index (χ2n) is 23.8. The minimum Gasteiger partial charge on any atom is -0.462 e. The monoisotopic (exact) mass is 1070 g/mol. The molecule has 76 heavy (non-hydrogen) atoms. The maximum atomic E-state index is 12.9. The van der Waals surface area contributed by atoms with Gasteiger partial charge in [-0.15, -0.1) is 0 Å². The van der Waals surface area contributed by atoms with Crippen LogP contribution in [0.15, 0.2) is 12.2 Å². The Morgan fingerprint density at radius 1 is 0.250 bits per heavy atom. The highest BCUT2D eigenvalue weighted by Crippen LogP contribution is 2.19. The Balaban J connectivity index is 4.18. The van der Waals surface area contributed by atoms with Gasteiger partial charge in [-0.1, -0.05) is 348 Å². The lowest BCUT2D eigenvalue weighted by atomic mass is 10.0. The first-order valence-corrected chi connectivity index (χ1v) is 34.7. The number of hydrogen-bond donors (Lipinski definition) is 0. The Morgan fingerprint density at radius 3 is 0.658 bits per heavy atom. The summed E-state index contributed by atoms with van der Waals surface area (Å²) in [6, 6.07) is 0. The minimum atomic E-state index is -0.769. The Labute approximate surface area is 475 Å². The Hall–Kier alpha value is -1.85. The lowest BCUT2D eigenvalue weighted by Crippen LogP contribution is -2.30. The lowest BCUT2D eigenvalue weighted by molar-refractivity contribution is -0.167. The van der Waals surface area contributed by atoms with Gasteiger partial charge in [0.25, 0.3) is 0 Å². The standard InChI is InChI=1S/C70H134O6/c1-4-7-10-13-16-19-22-25-28-30-31-32-33-34-35-36-37-38-39-41-42-45-48-51-54-57-60-63-69(72)75-66-67(65-74-68(71)62-59-56-53-50-47-44-27-24-21-18-15-12-9-6-3)76-70(73)64-61-58-55-52-49-46-43-40-29-26-23-20-17-14-11-8-5-2/h24,27,67H,4-23,25-26,28-66H2,1-3H3/b27-24-. The highest BCUT2D eigenvalue weighted by atomic mass is 16.6. The molecule has 6 nitrogen and oxygen atoms in total. The van der Waals surface area contributed by atoms with Crippen molar-refractivity contribution in [1.82, 2.24) is 0 Å². The molecule has 1 atom stereocenters. The third-order valence-corrected chi connectivity index (χ3v) is 16.0. The maximum Gasteiger partial charge on any atom is 0.306 e. The highest BCUT2D eigenvalue weighted by molar-refractivity contribution is 5.71. The third kappa shape index (κ3) is 63.0. The van der Waals surface area contributed by atoms with Gasteiger partial charge in [0.1, 0.15) is 13.2 Å². The molecule has 0 aromatic heterocycles. The van der Waals surface area contributed by atoms with Crippen molar-refractivity contribution in [2.24, 2.45) is 0 Å². The van der Waals surface area contributed by atoms with Crippen LogP contribution in [0.3, 0.4) is 0 Å². The molecule has 0 spiro atoms. The van der Waals surface area contributed by atoms with Gasteiger partial charge in [0.2, 0.25) is 0 Å². The second-order valence-corrected chi connectivity index (χ2v) is 23.8. The number of carbonyl (C=O) groups excluding carboxylic acids is 3. The Bertz CT molecular complexity index is 1180. The van der Waals surface area contributed by atoms with Crippen LogP contribution in [0.4, 0.5) is 0 Å². The zero-order valence-corrected chi connectivity index (χ0v) is 51.8. The van der Waals surface area contributed by atoms with E-state index in [1.54, 1.807) is 0 Å². The van der Waals surface area contributed by atoms with Gasteiger partial charge in [-0.3, -0.25) is 14.4 Å². The first kappa shape index (κ1) is 74.2. The zero-order chi connectivity index (χ0) is 55.0. The topological polar surface area (TPSA) is 78.9 Å². The maximum absolute atomic E-state index is 12.9. The molecule has 0 aromatic carbocycles. The molecule has 1 unspecified atom stereocenters.